The van der Waals surface area contributed by atoms with Crippen LogP contribution in [0.2, 0.25) is 0 Å². The van der Waals surface area contributed by atoms with E-state index in [2.05, 4.69) is 0 Å². The molecule has 18 heavy (non-hydrogen) atoms. The number of benzene rings is 2. The minimum absolute atomic E-state index is 0.367. The summed E-state index contributed by atoms with van der Waals surface area (Å²) < 4.78 is 23.5. The number of rotatable bonds is 1. The smallest absolute Gasteiger partial charge is 0.344 e. The van der Waals surface area contributed by atoms with Gasteiger partial charge in [-0.25, -0.2) is 9.18 Å². The average molecular weight is 244 g/mol. The van der Waals surface area contributed by atoms with Crippen LogP contribution in [0.3, 0.4) is 0 Å². The van der Waals surface area contributed by atoms with Crippen molar-refractivity contribution in [3.63, 3.8) is 0 Å². The van der Waals surface area contributed by atoms with Crippen molar-refractivity contribution in [2.24, 2.45) is 0 Å². The van der Waals surface area contributed by atoms with Crippen LogP contribution in [0.5, 0.6) is 5.75 Å². The van der Waals surface area contributed by atoms with E-state index in [1.807, 2.05) is 0 Å². The maximum Gasteiger partial charge on any atom is 0.344 e. The van der Waals surface area contributed by atoms with Crippen molar-refractivity contribution >= 4 is 21.7 Å². The second kappa shape index (κ2) is 3.84. The van der Waals surface area contributed by atoms with E-state index >= 15 is 0 Å². The minimum atomic E-state index is -0.456. The van der Waals surface area contributed by atoms with Crippen molar-refractivity contribution in [1.82, 2.24) is 0 Å². The van der Waals surface area contributed by atoms with E-state index in [4.69, 9.17) is 9.15 Å². The number of ether oxygens (including phenoxy) is 1. The van der Waals surface area contributed by atoms with Crippen molar-refractivity contribution < 1.29 is 13.5 Å². The topological polar surface area (TPSA) is 39.4 Å². The molecular weight excluding hydrogens is 235 g/mol. The summed E-state index contributed by atoms with van der Waals surface area (Å²) in [6, 6.07) is 9.12. The number of methoxy groups -OCH3 is 1. The van der Waals surface area contributed by atoms with Crippen LogP contribution < -0.4 is 10.4 Å². The van der Waals surface area contributed by atoms with Gasteiger partial charge in [0.05, 0.1) is 12.5 Å². The summed E-state index contributed by atoms with van der Waals surface area (Å²) in [5.74, 6) is 0.194. The fourth-order valence-corrected chi connectivity index (χ4v) is 2.01. The van der Waals surface area contributed by atoms with E-state index < -0.39 is 5.63 Å². The second-order valence-electron chi connectivity index (χ2n) is 3.94. The summed E-state index contributed by atoms with van der Waals surface area (Å²) in [7, 11) is 1.52. The maximum atomic E-state index is 13.3. The Bertz CT molecular complexity index is 805. The fraction of sp³-hybridized carbons (Fsp3) is 0.0714. The second-order valence-corrected chi connectivity index (χ2v) is 3.94. The molecular formula is C14H9FO3. The van der Waals surface area contributed by atoms with E-state index in [0.717, 1.165) is 0 Å². The highest BCUT2D eigenvalue weighted by Gasteiger charge is 2.09. The van der Waals surface area contributed by atoms with Gasteiger partial charge in [0.1, 0.15) is 17.1 Å². The van der Waals surface area contributed by atoms with E-state index in [-0.39, 0.29) is 5.82 Å². The lowest BCUT2D eigenvalue weighted by Crippen LogP contribution is -2.00. The molecule has 0 bridgehead atoms. The van der Waals surface area contributed by atoms with Crippen molar-refractivity contribution in [1.29, 1.82) is 0 Å². The molecule has 0 saturated heterocycles. The molecule has 1 aromatic heterocycles. The Morgan fingerprint density at radius 2 is 1.89 bits per heavy atom. The third-order valence-electron chi connectivity index (χ3n) is 2.88. The maximum absolute atomic E-state index is 13.3. The highest BCUT2D eigenvalue weighted by atomic mass is 19.1. The van der Waals surface area contributed by atoms with Crippen molar-refractivity contribution in [3.05, 3.63) is 52.6 Å². The van der Waals surface area contributed by atoms with Gasteiger partial charge >= 0.3 is 5.63 Å². The molecule has 90 valence electrons. The predicted octanol–water partition coefficient (Wildman–Crippen LogP) is 3.09. The van der Waals surface area contributed by atoms with Crippen molar-refractivity contribution in [3.8, 4) is 5.75 Å². The molecule has 3 rings (SSSR count). The van der Waals surface area contributed by atoms with Crippen LogP contribution in [-0.4, -0.2) is 7.11 Å². The van der Waals surface area contributed by atoms with Crippen molar-refractivity contribution in [2.75, 3.05) is 7.11 Å². The minimum Gasteiger partial charge on any atom is -0.497 e. The molecule has 0 amide bonds. The SMILES string of the molecule is COc1ccc2c(c1)c(=O)oc1ccc(F)cc12. The predicted molar refractivity (Wildman–Crippen MR) is 66.5 cm³/mol. The zero-order chi connectivity index (χ0) is 12.7. The number of fused-ring (bicyclic) bond motifs is 3. The van der Waals surface area contributed by atoms with Crippen LogP contribution in [-0.2, 0) is 0 Å². The summed E-state index contributed by atoms with van der Waals surface area (Å²) in [6.45, 7) is 0. The summed E-state index contributed by atoms with van der Waals surface area (Å²) in [4.78, 5) is 11.8. The third-order valence-corrected chi connectivity index (χ3v) is 2.88. The highest BCUT2D eigenvalue weighted by Crippen LogP contribution is 2.26. The van der Waals surface area contributed by atoms with Gasteiger partial charge in [0.15, 0.2) is 0 Å². The Labute approximate surface area is 101 Å². The van der Waals surface area contributed by atoms with Gasteiger partial charge in [0, 0.05) is 10.8 Å². The molecule has 0 atom stereocenters. The van der Waals surface area contributed by atoms with Crippen LogP contribution >= 0.6 is 0 Å². The molecule has 4 heteroatoms. The van der Waals surface area contributed by atoms with Gasteiger partial charge in [-0.05, 0) is 36.4 Å². The molecule has 0 radical (unpaired) electrons. The standard InChI is InChI=1S/C14H9FO3/c1-17-9-3-4-10-11-6-8(15)2-5-13(11)18-14(16)12(10)7-9/h2-7H,1H3. The fourth-order valence-electron chi connectivity index (χ4n) is 2.01. The van der Waals surface area contributed by atoms with Crippen LogP contribution in [0.1, 0.15) is 0 Å². The van der Waals surface area contributed by atoms with Gasteiger partial charge in [-0.2, -0.15) is 0 Å². The van der Waals surface area contributed by atoms with Crippen molar-refractivity contribution in [2.45, 2.75) is 0 Å². The first kappa shape index (κ1) is 10.8. The zero-order valence-electron chi connectivity index (χ0n) is 9.57. The Hall–Kier alpha value is -2.36. The molecule has 0 unspecified atom stereocenters. The van der Waals surface area contributed by atoms with Crippen LogP contribution in [0, 0.1) is 5.82 Å². The van der Waals surface area contributed by atoms with Crippen LogP contribution in [0.15, 0.2) is 45.6 Å². The highest BCUT2D eigenvalue weighted by molar-refractivity contribution is 6.04. The molecule has 0 aliphatic heterocycles. The Morgan fingerprint density at radius 3 is 2.67 bits per heavy atom. The first-order chi connectivity index (χ1) is 8.69. The number of hydrogen-bond acceptors (Lipinski definition) is 3. The lowest BCUT2D eigenvalue weighted by atomic mass is 10.1. The molecule has 2 aromatic carbocycles. The van der Waals surface area contributed by atoms with Crippen LogP contribution in [0.4, 0.5) is 4.39 Å². The molecule has 3 nitrogen and oxygen atoms in total. The molecule has 0 aliphatic carbocycles. The molecule has 0 N–H and O–H groups in total. The quantitative estimate of drug-likeness (QED) is 0.487. The lowest BCUT2D eigenvalue weighted by molar-refractivity contribution is 0.415. The summed E-state index contributed by atoms with van der Waals surface area (Å²) >= 11 is 0. The molecule has 0 fully saturated rings. The lowest BCUT2D eigenvalue weighted by Gasteiger charge is -2.04. The summed E-state index contributed by atoms with van der Waals surface area (Å²) in [6.07, 6.45) is 0. The van der Waals surface area contributed by atoms with Crippen LogP contribution in [0.25, 0.3) is 21.7 Å². The molecule has 0 saturated carbocycles. The van der Waals surface area contributed by atoms with Gasteiger partial charge in [-0.1, -0.05) is 0 Å². The van der Waals surface area contributed by atoms with Gasteiger partial charge in [-0.3, -0.25) is 0 Å². The van der Waals surface area contributed by atoms with E-state index in [1.54, 1.807) is 18.2 Å². The van der Waals surface area contributed by atoms with Gasteiger partial charge in [-0.15, -0.1) is 0 Å². The van der Waals surface area contributed by atoms with E-state index in [9.17, 15) is 9.18 Å². The Kier molecular flexibility index (Phi) is 2.30. The third kappa shape index (κ3) is 1.54. The number of hydrogen-bond donors (Lipinski definition) is 0. The Balaban J connectivity index is 2.53. The van der Waals surface area contributed by atoms with Gasteiger partial charge in [0.2, 0.25) is 0 Å². The zero-order valence-corrected chi connectivity index (χ0v) is 9.57. The summed E-state index contributed by atoms with van der Waals surface area (Å²) in [5.41, 5.74) is -0.0814. The van der Waals surface area contributed by atoms with E-state index in [1.165, 1.54) is 25.3 Å². The molecule has 3 aromatic rings. The summed E-state index contributed by atoms with van der Waals surface area (Å²) in [5, 5.41) is 1.61. The molecule has 0 spiro atoms. The van der Waals surface area contributed by atoms with Gasteiger partial charge < -0.3 is 9.15 Å². The average Bonchev–Trinajstić information content (AvgIpc) is 2.39. The largest absolute Gasteiger partial charge is 0.497 e. The molecule has 0 aliphatic rings. The molecule has 1 heterocycles. The monoisotopic (exact) mass is 244 g/mol. The first-order valence-electron chi connectivity index (χ1n) is 5.39. The number of halogens is 1. The Morgan fingerprint density at radius 1 is 1.06 bits per heavy atom. The van der Waals surface area contributed by atoms with E-state index in [0.29, 0.717) is 27.5 Å². The van der Waals surface area contributed by atoms with Gasteiger partial charge in [0.25, 0.3) is 0 Å². The normalized spacial score (nSPS) is 11.0. The first-order valence-corrected chi connectivity index (χ1v) is 5.39.